The highest BCUT2D eigenvalue weighted by molar-refractivity contribution is 7.89. The van der Waals surface area contributed by atoms with Crippen LogP contribution in [0.2, 0.25) is 5.02 Å². The molecule has 23 heavy (non-hydrogen) atoms. The Morgan fingerprint density at radius 1 is 1.35 bits per heavy atom. The first kappa shape index (κ1) is 17.6. The molecule has 2 aromatic heterocycles. The lowest BCUT2D eigenvalue weighted by Crippen LogP contribution is -2.13. The molecule has 0 saturated carbocycles. The van der Waals surface area contributed by atoms with Crippen LogP contribution >= 0.6 is 11.6 Å². The molecule has 2 aromatic rings. The van der Waals surface area contributed by atoms with Gasteiger partial charge in [0.1, 0.15) is 0 Å². The van der Waals surface area contributed by atoms with Crippen LogP contribution in [0.1, 0.15) is 18.3 Å². The van der Waals surface area contributed by atoms with Crippen molar-refractivity contribution in [2.24, 2.45) is 0 Å². The normalized spacial score (nSPS) is 11.9. The summed E-state index contributed by atoms with van der Waals surface area (Å²) >= 11 is 5.95. The molecule has 0 N–H and O–H groups in total. The van der Waals surface area contributed by atoms with E-state index in [0.717, 1.165) is 0 Å². The van der Waals surface area contributed by atoms with Crippen molar-refractivity contribution in [2.75, 3.05) is 0 Å². The van der Waals surface area contributed by atoms with Crippen LogP contribution in [0.4, 0.5) is 8.78 Å². The van der Waals surface area contributed by atoms with E-state index in [0.29, 0.717) is 12.2 Å². The lowest BCUT2D eigenvalue weighted by molar-refractivity contribution is -0.0529. The Morgan fingerprint density at radius 2 is 2.09 bits per heavy atom. The summed E-state index contributed by atoms with van der Waals surface area (Å²) < 4.78 is 54.6. The third-order valence-electron chi connectivity index (χ3n) is 2.91. The fourth-order valence-electron chi connectivity index (χ4n) is 1.98. The van der Waals surface area contributed by atoms with Crippen molar-refractivity contribution in [1.29, 1.82) is 0 Å². The van der Waals surface area contributed by atoms with Gasteiger partial charge in [0.2, 0.25) is 5.88 Å². The van der Waals surface area contributed by atoms with Gasteiger partial charge < -0.3 is 4.74 Å². The summed E-state index contributed by atoms with van der Waals surface area (Å²) in [5.74, 6) is -1.07. The Morgan fingerprint density at radius 3 is 2.74 bits per heavy atom. The summed E-state index contributed by atoms with van der Waals surface area (Å²) in [4.78, 5) is 3.76. The fourth-order valence-corrected chi connectivity index (χ4v) is 3.71. The number of pyridine rings is 1. The average Bonchev–Trinajstić information content (AvgIpc) is 2.78. The highest BCUT2D eigenvalue weighted by Crippen LogP contribution is 2.20. The number of hydrogen-bond acceptors (Lipinski definition) is 5. The molecule has 0 aromatic carbocycles. The van der Waals surface area contributed by atoms with E-state index >= 15 is 0 Å². The van der Waals surface area contributed by atoms with Gasteiger partial charge in [-0.3, -0.25) is 4.68 Å². The number of ether oxygens (including phenoxy) is 1. The van der Waals surface area contributed by atoms with E-state index in [9.17, 15) is 17.2 Å². The Balaban J connectivity index is 2.16. The van der Waals surface area contributed by atoms with Gasteiger partial charge in [0.05, 0.1) is 34.1 Å². The Hall–Kier alpha value is -1.74. The maximum absolute atomic E-state index is 12.3. The maximum Gasteiger partial charge on any atom is 0.388 e. The standard InChI is InChI=1S/C13H14ClF2N3O3S/c1-2-19-11(10(14)6-17-19)8-23(20,21)7-9-4-3-5-12(18-9)22-13(15)16/h3-6,13H,2,7-8H2,1H3. The number of alkyl halides is 2. The van der Waals surface area contributed by atoms with Crippen molar-refractivity contribution in [3.63, 3.8) is 0 Å². The molecule has 0 spiro atoms. The molecule has 0 fully saturated rings. The minimum atomic E-state index is -3.61. The number of halogens is 3. The monoisotopic (exact) mass is 365 g/mol. The van der Waals surface area contributed by atoms with Gasteiger partial charge in [-0.2, -0.15) is 13.9 Å². The van der Waals surface area contributed by atoms with E-state index in [-0.39, 0.29) is 22.3 Å². The zero-order valence-corrected chi connectivity index (χ0v) is 13.7. The van der Waals surface area contributed by atoms with Gasteiger partial charge >= 0.3 is 6.61 Å². The molecule has 2 heterocycles. The van der Waals surface area contributed by atoms with Crippen molar-refractivity contribution >= 4 is 21.4 Å². The molecule has 10 heteroatoms. The zero-order chi connectivity index (χ0) is 17.0. The fraction of sp³-hybridized carbons (Fsp3) is 0.385. The van der Waals surface area contributed by atoms with Gasteiger partial charge in [-0.05, 0) is 13.0 Å². The third kappa shape index (κ3) is 4.87. The highest BCUT2D eigenvalue weighted by atomic mass is 35.5. The summed E-state index contributed by atoms with van der Waals surface area (Å²) in [7, 11) is -3.61. The van der Waals surface area contributed by atoms with Crippen LogP contribution in [-0.2, 0) is 27.9 Å². The molecular formula is C13H14ClF2N3O3S. The number of sulfone groups is 1. The predicted molar refractivity (Wildman–Crippen MR) is 80.1 cm³/mol. The number of aryl methyl sites for hydroxylation is 1. The van der Waals surface area contributed by atoms with E-state index in [2.05, 4.69) is 14.8 Å². The van der Waals surface area contributed by atoms with E-state index < -0.39 is 22.2 Å². The van der Waals surface area contributed by atoms with Crippen molar-refractivity contribution in [3.05, 3.63) is 40.8 Å². The van der Waals surface area contributed by atoms with Crippen molar-refractivity contribution in [3.8, 4) is 5.88 Å². The van der Waals surface area contributed by atoms with Gasteiger partial charge in [0.25, 0.3) is 0 Å². The Kier molecular flexibility index (Phi) is 5.53. The van der Waals surface area contributed by atoms with Crippen LogP contribution in [0.3, 0.4) is 0 Å². The van der Waals surface area contributed by atoms with Crippen LogP contribution < -0.4 is 4.74 Å². The predicted octanol–water partition coefficient (Wildman–Crippen LogP) is 2.67. The Labute approximate surface area is 137 Å². The molecule has 0 unspecified atom stereocenters. The summed E-state index contributed by atoms with van der Waals surface area (Å²) in [6, 6.07) is 4.05. The first-order valence-electron chi connectivity index (χ1n) is 6.62. The highest BCUT2D eigenvalue weighted by Gasteiger charge is 2.20. The molecule has 0 aliphatic heterocycles. The third-order valence-corrected chi connectivity index (χ3v) is 4.68. The lowest BCUT2D eigenvalue weighted by atomic mass is 10.4. The molecule has 126 valence electrons. The number of hydrogen-bond donors (Lipinski definition) is 0. The van der Waals surface area contributed by atoms with Gasteiger partial charge in [-0.25, -0.2) is 13.4 Å². The second kappa shape index (κ2) is 7.22. The first-order valence-corrected chi connectivity index (χ1v) is 8.82. The minimum absolute atomic E-state index is 0.113. The molecule has 0 atom stereocenters. The number of nitrogens with zero attached hydrogens (tertiary/aromatic N) is 3. The van der Waals surface area contributed by atoms with E-state index in [1.54, 1.807) is 0 Å². The van der Waals surface area contributed by atoms with E-state index in [1.807, 2.05) is 6.92 Å². The number of rotatable bonds is 7. The number of aromatic nitrogens is 3. The zero-order valence-electron chi connectivity index (χ0n) is 12.1. The molecule has 0 aliphatic carbocycles. The topological polar surface area (TPSA) is 74.1 Å². The maximum atomic E-state index is 12.3. The molecule has 0 aliphatic rings. The van der Waals surface area contributed by atoms with Crippen LogP contribution in [-0.4, -0.2) is 29.8 Å². The average molecular weight is 366 g/mol. The van der Waals surface area contributed by atoms with E-state index in [4.69, 9.17) is 11.6 Å². The molecule has 0 radical (unpaired) electrons. The summed E-state index contributed by atoms with van der Waals surface area (Å²) in [6.07, 6.45) is 1.38. The quantitative estimate of drug-likeness (QED) is 0.754. The van der Waals surface area contributed by atoms with Crippen LogP contribution in [0, 0.1) is 0 Å². The smallest absolute Gasteiger partial charge is 0.388 e. The Bertz CT molecular complexity index is 781. The van der Waals surface area contributed by atoms with Crippen molar-refractivity contribution < 1.29 is 21.9 Å². The summed E-state index contributed by atoms with van der Waals surface area (Å²) in [6.45, 7) is -0.730. The van der Waals surface area contributed by atoms with Crippen LogP contribution in [0.25, 0.3) is 0 Å². The van der Waals surface area contributed by atoms with Gasteiger partial charge in [0, 0.05) is 12.6 Å². The molecule has 0 saturated heterocycles. The molecule has 6 nitrogen and oxygen atoms in total. The van der Waals surface area contributed by atoms with Gasteiger partial charge in [-0.15, -0.1) is 0 Å². The molecular weight excluding hydrogens is 352 g/mol. The van der Waals surface area contributed by atoms with Crippen molar-refractivity contribution in [2.45, 2.75) is 31.6 Å². The second-order valence-electron chi connectivity index (χ2n) is 4.63. The SMILES string of the molecule is CCn1ncc(Cl)c1CS(=O)(=O)Cc1cccc(OC(F)F)n1. The second-order valence-corrected chi connectivity index (χ2v) is 7.10. The molecule has 2 rings (SSSR count). The van der Waals surface area contributed by atoms with Crippen LogP contribution in [0.5, 0.6) is 5.88 Å². The van der Waals surface area contributed by atoms with Gasteiger partial charge in [0.15, 0.2) is 9.84 Å². The van der Waals surface area contributed by atoms with E-state index in [1.165, 1.54) is 29.1 Å². The summed E-state index contributed by atoms with van der Waals surface area (Å²) in [5, 5.41) is 4.24. The largest absolute Gasteiger partial charge is 0.417 e. The summed E-state index contributed by atoms with van der Waals surface area (Å²) in [5.41, 5.74) is 0.496. The molecule has 0 bridgehead atoms. The minimum Gasteiger partial charge on any atom is -0.417 e. The first-order chi connectivity index (χ1) is 10.8. The van der Waals surface area contributed by atoms with Crippen molar-refractivity contribution in [1.82, 2.24) is 14.8 Å². The lowest BCUT2D eigenvalue weighted by Gasteiger charge is -2.08. The molecule has 0 amide bonds. The van der Waals surface area contributed by atoms with Crippen LogP contribution in [0.15, 0.2) is 24.4 Å². The van der Waals surface area contributed by atoms with Gasteiger partial charge in [-0.1, -0.05) is 17.7 Å².